The highest BCUT2D eigenvalue weighted by Gasteiger charge is 2.23. The zero-order valence-electron chi connectivity index (χ0n) is 17.9. The van der Waals surface area contributed by atoms with Gasteiger partial charge < -0.3 is 15.5 Å². The highest BCUT2D eigenvalue weighted by atomic mass is 32.1. The third-order valence-corrected chi connectivity index (χ3v) is 6.34. The van der Waals surface area contributed by atoms with E-state index in [2.05, 4.69) is 55.3 Å². The van der Waals surface area contributed by atoms with Crippen molar-refractivity contribution in [2.24, 2.45) is 5.92 Å². The number of carboxylic acids is 2. The zero-order chi connectivity index (χ0) is 22.1. The summed E-state index contributed by atoms with van der Waals surface area (Å²) in [7, 11) is 0. The Hall–Kier alpha value is -2.22. The number of fused-ring (bicyclic) bond motifs is 1. The van der Waals surface area contributed by atoms with E-state index < -0.39 is 11.9 Å². The van der Waals surface area contributed by atoms with Crippen LogP contribution in [0.3, 0.4) is 0 Å². The van der Waals surface area contributed by atoms with Gasteiger partial charge in [-0.25, -0.2) is 9.59 Å². The van der Waals surface area contributed by atoms with Crippen LogP contribution in [0.5, 0.6) is 0 Å². The lowest BCUT2D eigenvalue weighted by Gasteiger charge is -2.35. The first-order valence-electron chi connectivity index (χ1n) is 10.3. The Balaban J connectivity index is 0.000000343. The molecule has 164 valence electrons. The summed E-state index contributed by atoms with van der Waals surface area (Å²) in [4.78, 5) is 23.4. The predicted molar refractivity (Wildman–Crippen MR) is 122 cm³/mol. The third-order valence-electron chi connectivity index (χ3n) is 5.08. The van der Waals surface area contributed by atoms with Gasteiger partial charge in [0, 0.05) is 40.9 Å². The Morgan fingerprint density at radius 3 is 2.30 bits per heavy atom. The number of carbonyl (C=O) groups is 2. The van der Waals surface area contributed by atoms with Gasteiger partial charge in [-0.1, -0.05) is 32.0 Å². The molecule has 7 heteroatoms. The van der Waals surface area contributed by atoms with Crippen molar-refractivity contribution in [2.75, 3.05) is 19.6 Å². The van der Waals surface area contributed by atoms with Crippen molar-refractivity contribution in [2.45, 2.75) is 46.2 Å². The summed E-state index contributed by atoms with van der Waals surface area (Å²) in [5, 5.41) is 20.6. The van der Waals surface area contributed by atoms with Crippen molar-refractivity contribution in [3.63, 3.8) is 0 Å². The quantitative estimate of drug-likeness (QED) is 0.570. The molecule has 0 aliphatic carbocycles. The van der Waals surface area contributed by atoms with E-state index in [1.807, 2.05) is 11.3 Å². The first kappa shape index (κ1) is 24.1. The molecule has 2 aromatic rings. The molecule has 30 heavy (non-hydrogen) atoms. The number of nitrogens with zero attached hydrogens (tertiary/aromatic N) is 1. The van der Waals surface area contributed by atoms with E-state index in [0.717, 1.165) is 18.5 Å². The van der Waals surface area contributed by atoms with Gasteiger partial charge in [0.05, 0.1) is 0 Å². The van der Waals surface area contributed by atoms with E-state index in [1.165, 1.54) is 48.1 Å². The first-order chi connectivity index (χ1) is 14.3. The summed E-state index contributed by atoms with van der Waals surface area (Å²) in [6.07, 6.45) is 3.69. The van der Waals surface area contributed by atoms with Gasteiger partial charge in [0.2, 0.25) is 0 Å². The van der Waals surface area contributed by atoms with Crippen LogP contribution in [0.1, 0.15) is 37.1 Å². The van der Waals surface area contributed by atoms with Crippen LogP contribution in [0.15, 0.2) is 36.4 Å². The number of carboxylic acid groups (broad SMARTS) is 2. The number of hydrogen-bond donors (Lipinski definition) is 3. The van der Waals surface area contributed by atoms with Gasteiger partial charge in [-0.15, -0.1) is 11.3 Å². The zero-order valence-corrected chi connectivity index (χ0v) is 18.7. The smallest absolute Gasteiger partial charge is 0.328 e. The lowest BCUT2D eigenvalue weighted by molar-refractivity contribution is -0.134. The van der Waals surface area contributed by atoms with Crippen LogP contribution in [0.4, 0.5) is 0 Å². The summed E-state index contributed by atoms with van der Waals surface area (Å²) in [5.74, 6) is -1.79. The Kier molecular flexibility index (Phi) is 9.49. The van der Waals surface area contributed by atoms with Crippen molar-refractivity contribution < 1.29 is 19.8 Å². The van der Waals surface area contributed by atoms with Crippen molar-refractivity contribution in [1.29, 1.82) is 0 Å². The molecule has 1 fully saturated rings. The lowest BCUT2D eigenvalue weighted by Crippen LogP contribution is -2.44. The number of thiophene rings is 1. The molecule has 1 aliphatic heterocycles. The van der Waals surface area contributed by atoms with Gasteiger partial charge in [-0.2, -0.15) is 0 Å². The highest BCUT2D eigenvalue weighted by molar-refractivity contribution is 7.19. The van der Waals surface area contributed by atoms with Crippen molar-refractivity contribution in [1.82, 2.24) is 10.2 Å². The number of aryl methyl sites for hydroxylation is 1. The molecule has 1 aromatic carbocycles. The van der Waals surface area contributed by atoms with Gasteiger partial charge in [-0.3, -0.25) is 4.90 Å². The lowest BCUT2D eigenvalue weighted by atomic mass is 10.0. The first-order valence-corrected chi connectivity index (χ1v) is 11.1. The maximum Gasteiger partial charge on any atom is 0.328 e. The number of nitrogens with one attached hydrogen (secondary N) is 1. The molecule has 1 aromatic heterocycles. The van der Waals surface area contributed by atoms with Crippen LogP contribution in [0.25, 0.3) is 10.1 Å². The third kappa shape index (κ3) is 7.55. The molecule has 0 atom stereocenters. The van der Waals surface area contributed by atoms with E-state index >= 15 is 0 Å². The van der Waals surface area contributed by atoms with Gasteiger partial charge >= 0.3 is 11.9 Å². The molecular weight excluding hydrogens is 400 g/mol. The Labute approximate surface area is 182 Å². The van der Waals surface area contributed by atoms with Gasteiger partial charge in [0.1, 0.15) is 0 Å². The maximum absolute atomic E-state index is 9.55. The molecule has 0 amide bonds. The van der Waals surface area contributed by atoms with Crippen LogP contribution < -0.4 is 5.32 Å². The molecule has 3 rings (SSSR count). The van der Waals surface area contributed by atoms with Gasteiger partial charge in [0.25, 0.3) is 0 Å². The summed E-state index contributed by atoms with van der Waals surface area (Å²) in [5.41, 5.74) is 1.49. The fourth-order valence-electron chi connectivity index (χ4n) is 3.69. The average molecular weight is 433 g/mol. The van der Waals surface area contributed by atoms with Crippen LogP contribution >= 0.6 is 11.3 Å². The molecular formula is C23H32N2O4S. The number of benzene rings is 1. The normalized spacial score (nSPS) is 15.0. The summed E-state index contributed by atoms with van der Waals surface area (Å²) < 4.78 is 1.44. The van der Waals surface area contributed by atoms with Crippen LogP contribution in [0, 0.1) is 12.8 Å². The molecule has 1 saturated heterocycles. The second-order valence-corrected chi connectivity index (χ2v) is 9.10. The molecule has 0 spiro atoms. The fourth-order valence-corrected chi connectivity index (χ4v) is 4.92. The summed E-state index contributed by atoms with van der Waals surface area (Å²) in [6.45, 7) is 11.6. The largest absolute Gasteiger partial charge is 0.478 e. The fraction of sp³-hybridized carbons (Fsp3) is 0.478. The minimum absolute atomic E-state index is 0.558. The van der Waals surface area contributed by atoms with E-state index in [4.69, 9.17) is 10.2 Å². The molecule has 0 unspecified atom stereocenters. The molecule has 2 heterocycles. The maximum atomic E-state index is 9.55. The van der Waals surface area contributed by atoms with Crippen molar-refractivity contribution >= 4 is 33.4 Å². The second kappa shape index (κ2) is 11.8. The predicted octanol–water partition coefficient (Wildman–Crippen LogP) is 4.13. The van der Waals surface area contributed by atoms with E-state index in [9.17, 15) is 9.59 Å². The number of rotatable bonds is 7. The van der Waals surface area contributed by atoms with Crippen LogP contribution in [-0.2, 0) is 16.1 Å². The van der Waals surface area contributed by atoms with Crippen LogP contribution in [0.2, 0.25) is 0 Å². The number of hydrogen-bond acceptors (Lipinski definition) is 5. The van der Waals surface area contributed by atoms with E-state index in [-0.39, 0.29) is 0 Å². The van der Waals surface area contributed by atoms with Crippen LogP contribution in [-0.4, -0.2) is 52.7 Å². The Morgan fingerprint density at radius 2 is 1.77 bits per heavy atom. The average Bonchev–Trinajstić information content (AvgIpc) is 3.02. The van der Waals surface area contributed by atoms with E-state index in [0.29, 0.717) is 12.2 Å². The Morgan fingerprint density at radius 1 is 1.17 bits per heavy atom. The topological polar surface area (TPSA) is 89.9 Å². The summed E-state index contributed by atoms with van der Waals surface area (Å²) >= 11 is 1.99. The highest BCUT2D eigenvalue weighted by Crippen LogP contribution is 2.32. The standard InChI is InChI=1S/C19H28N2S.C4H4O4/c1-14(2)12-21(16-8-10-20-11-9-16)13-19-15(3)17-6-4-5-7-18(17)22-19;5-3(6)1-2-4(7)8/h4-7,14,16,20H,8-13H2,1-3H3;1-2H,(H,5,6)(H,7,8)/b;2-1+. The molecule has 3 N–H and O–H groups in total. The Bertz CT molecular complexity index is 853. The van der Waals surface area contributed by atoms with Gasteiger partial charge in [0.15, 0.2) is 0 Å². The molecule has 6 nitrogen and oxygen atoms in total. The van der Waals surface area contributed by atoms with Crippen molar-refractivity contribution in [3.8, 4) is 0 Å². The van der Waals surface area contributed by atoms with Crippen molar-refractivity contribution in [3.05, 3.63) is 46.9 Å². The SMILES string of the molecule is Cc1c(CN(CC(C)C)C2CCNCC2)sc2ccccc12.O=C(O)/C=C/C(=O)O. The molecule has 0 radical (unpaired) electrons. The second-order valence-electron chi connectivity index (χ2n) is 7.96. The van der Waals surface area contributed by atoms with Gasteiger partial charge in [-0.05, 0) is 55.8 Å². The number of piperidine rings is 1. The monoisotopic (exact) mass is 432 g/mol. The summed E-state index contributed by atoms with van der Waals surface area (Å²) in [6, 6.07) is 9.58. The van der Waals surface area contributed by atoms with E-state index in [1.54, 1.807) is 4.88 Å². The number of aliphatic carboxylic acids is 2. The minimum Gasteiger partial charge on any atom is -0.478 e. The molecule has 1 aliphatic rings. The minimum atomic E-state index is -1.26. The molecule has 0 bridgehead atoms. The molecule has 0 saturated carbocycles.